The SMILES string of the molecule is COc1ccc(/C=C/C(=O)Nc2ccc(-c3nnc4n3CCCCC4)cc2)c(OC)c1. The van der Waals surface area contributed by atoms with Crippen molar-refractivity contribution in [1.29, 1.82) is 0 Å². The van der Waals surface area contributed by atoms with Crippen molar-refractivity contribution >= 4 is 17.7 Å². The summed E-state index contributed by atoms with van der Waals surface area (Å²) in [5, 5.41) is 11.6. The summed E-state index contributed by atoms with van der Waals surface area (Å²) in [6, 6.07) is 13.1. The number of aromatic nitrogens is 3. The number of carbonyl (C=O) groups excluding carboxylic acids is 1. The second kappa shape index (κ2) is 9.47. The minimum atomic E-state index is -0.220. The number of fused-ring (bicyclic) bond motifs is 1. The van der Waals surface area contributed by atoms with Crippen molar-refractivity contribution in [3.05, 3.63) is 59.9 Å². The van der Waals surface area contributed by atoms with Gasteiger partial charge < -0.3 is 19.4 Å². The number of benzene rings is 2. The van der Waals surface area contributed by atoms with Crippen molar-refractivity contribution in [1.82, 2.24) is 14.8 Å². The van der Waals surface area contributed by atoms with Crippen molar-refractivity contribution in [3.63, 3.8) is 0 Å². The number of carbonyl (C=O) groups is 1. The number of anilines is 1. The first kappa shape index (κ1) is 20.7. The molecule has 4 rings (SSSR count). The number of ether oxygens (including phenoxy) is 2. The van der Waals surface area contributed by atoms with E-state index >= 15 is 0 Å². The van der Waals surface area contributed by atoms with E-state index in [0.29, 0.717) is 11.5 Å². The molecule has 0 fully saturated rings. The van der Waals surface area contributed by atoms with Crippen LogP contribution in [0.3, 0.4) is 0 Å². The van der Waals surface area contributed by atoms with Crippen LogP contribution in [0.2, 0.25) is 0 Å². The lowest BCUT2D eigenvalue weighted by Crippen LogP contribution is -2.07. The summed E-state index contributed by atoms with van der Waals surface area (Å²) in [6.45, 7) is 0.954. The topological polar surface area (TPSA) is 78.3 Å². The fourth-order valence-electron chi connectivity index (χ4n) is 3.71. The van der Waals surface area contributed by atoms with Gasteiger partial charge in [-0.25, -0.2) is 0 Å². The van der Waals surface area contributed by atoms with Gasteiger partial charge in [0.1, 0.15) is 17.3 Å². The molecule has 3 aromatic rings. The van der Waals surface area contributed by atoms with Crippen molar-refractivity contribution in [2.75, 3.05) is 19.5 Å². The number of nitrogens with one attached hydrogen (secondary N) is 1. The number of methoxy groups -OCH3 is 2. The maximum Gasteiger partial charge on any atom is 0.248 e. The molecule has 1 N–H and O–H groups in total. The molecule has 1 aliphatic heterocycles. The van der Waals surface area contributed by atoms with Gasteiger partial charge in [-0.2, -0.15) is 0 Å². The van der Waals surface area contributed by atoms with Gasteiger partial charge >= 0.3 is 0 Å². The molecule has 0 saturated heterocycles. The van der Waals surface area contributed by atoms with Crippen molar-refractivity contribution in [2.45, 2.75) is 32.2 Å². The summed E-state index contributed by atoms with van der Waals surface area (Å²) in [5.74, 6) is 3.07. The first-order valence-electron chi connectivity index (χ1n) is 10.4. The van der Waals surface area contributed by atoms with E-state index in [4.69, 9.17) is 9.47 Å². The highest BCUT2D eigenvalue weighted by molar-refractivity contribution is 6.02. The second-order valence-electron chi connectivity index (χ2n) is 7.41. The Morgan fingerprint density at radius 1 is 1.03 bits per heavy atom. The van der Waals surface area contributed by atoms with Gasteiger partial charge in [-0.1, -0.05) is 6.42 Å². The molecule has 7 nitrogen and oxygen atoms in total. The number of nitrogens with zero attached hydrogens (tertiary/aromatic N) is 3. The predicted octanol–water partition coefficient (Wildman–Crippen LogP) is 4.34. The first-order valence-corrected chi connectivity index (χ1v) is 10.4. The lowest BCUT2D eigenvalue weighted by molar-refractivity contribution is -0.111. The van der Waals surface area contributed by atoms with Gasteiger partial charge in [-0.15, -0.1) is 10.2 Å². The number of hydrogen-bond acceptors (Lipinski definition) is 5. The molecule has 0 saturated carbocycles. The summed E-state index contributed by atoms with van der Waals surface area (Å²) in [7, 11) is 3.18. The van der Waals surface area contributed by atoms with Crippen LogP contribution in [0, 0.1) is 0 Å². The molecule has 0 unspecified atom stereocenters. The van der Waals surface area contributed by atoms with Gasteiger partial charge in [-0.3, -0.25) is 4.79 Å². The van der Waals surface area contributed by atoms with Crippen LogP contribution < -0.4 is 14.8 Å². The van der Waals surface area contributed by atoms with E-state index in [2.05, 4.69) is 20.1 Å². The Labute approximate surface area is 181 Å². The molecule has 0 spiro atoms. The van der Waals surface area contributed by atoms with E-state index in [1.165, 1.54) is 18.9 Å². The van der Waals surface area contributed by atoms with Crippen molar-refractivity contribution < 1.29 is 14.3 Å². The van der Waals surface area contributed by atoms with E-state index < -0.39 is 0 Å². The molecule has 1 aromatic heterocycles. The quantitative estimate of drug-likeness (QED) is 0.603. The standard InChI is InChI=1S/C24H26N4O3/c1-30-20-13-9-17(21(16-20)31-2)10-14-23(29)25-19-11-7-18(8-12-19)24-27-26-22-6-4-3-5-15-28(22)24/h7-14,16H,3-6,15H2,1-2H3,(H,25,29)/b14-10+. The summed E-state index contributed by atoms with van der Waals surface area (Å²) in [5.41, 5.74) is 2.51. The molecule has 0 atom stereocenters. The van der Waals surface area contributed by atoms with E-state index in [1.807, 2.05) is 36.4 Å². The highest BCUT2D eigenvalue weighted by atomic mass is 16.5. The largest absolute Gasteiger partial charge is 0.497 e. The summed E-state index contributed by atoms with van der Waals surface area (Å²) in [4.78, 5) is 12.4. The zero-order chi connectivity index (χ0) is 21.6. The lowest BCUT2D eigenvalue weighted by atomic mass is 10.1. The monoisotopic (exact) mass is 418 g/mol. The minimum Gasteiger partial charge on any atom is -0.497 e. The Balaban J connectivity index is 1.43. The molecule has 0 bridgehead atoms. The van der Waals surface area contributed by atoms with E-state index in [0.717, 1.165) is 47.8 Å². The fraction of sp³-hybridized carbons (Fsp3) is 0.292. The smallest absolute Gasteiger partial charge is 0.248 e. The van der Waals surface area contributed by atoms with E-state index in [-0.39, 0.29) is 5.91 Å². The lowest BCUT2D eigenvalue weighted by Gasteiger charge is -2.08. The highest BCUT2D eigenvalue weighted by Crippen LogP contribution is 2.26. The van der Waals surface area contributed by atoms with Crippen LogP contribution in [0.5, 0.6) is 11.5 Å². The summed E-state index contributed by atoms with van der Waals surface area (Å²) < 4.78 is 12.8. The van der Waals surface area contributed by atoms with Crippen LogP contribution in [0.25, 0.3) is 17.5 Å². The Morgan fingerprint density at radius 3 is 2.65 bits per heavy atom. The molecule has 2 heterocycles. The van der Waals surface area contributed by atoms with Crippen molar-refractivity contribution in [3.8, 4) is 22.9 Å². The average Bonchev–Trinajstić information content (AvgIpc) is 3.06. The number of amides is 1. The molecule has 1 aliphatic rings. The third-order valence-electron chi connectivity index (χ3n) is 5.38. The van der Waals surface area contributed by atoms with Gasteiger partial charge in [0.05, 0.1) is 14.2 Å². The molecule has 1 amide bonds. The normalized spacial score (nSPS) is 13.5. The van der Waals surface area contributed by atoms with Crippen LogP contribution >= 0.6 is 0 Å². The van der Waals surface area contributed by atoms with Gasteiger partial charge in [0.25, 0.3) is 0 Å². The van der Waals surface area contributed by atoms with Crippen LogP contribution in [0.1, 0.15) is 30.7 Å². The highest BCUT2D eigenvalue weighted by Gasteiger charge is 2.15. The van der Waals surface area contributed by atoms with Gasteiger partial charge in [0.15, 0.2) is 5.82 Å². The third kappa shape index (κ3) is 4.77. The maximum absolute atomic E-state index is 12.4. The number of rotatable bonds is 6. The number of hydrogen-bond donors (Lipinski definition) is 1. The fourth-order valence-corrected chi connectivity index (χ4v) is 3.71. The van der Waals surface area contributed by atoms with Crippen LogP contribution in [0.4, 0.5) is 5.69 Å². The average molecular weight is 418 g/mol. The van der Waals surface area contributed by atoms with Gasteiger partial charge in [0.2, 0.25) is 5.91 Å². The first-order chi connectivity index (χ1) is 15.2. The molecular formula is C24H26N4O3. The molecule has 160 valence electrons. The molecule has 0 aliphatic carbocycles. The Hall–Kier alpha value is -3.61. The van der Waals surface area contributed by atoms with E-state index in [9.17, 15) is 4.79 Å². The van der Waals surface area contributed by atoms with E-state index in [1.54, 1.807) is 26.4 Å². The van der Waals surface area contributed by atoms with Gasteiger partial charge in [-0.05, 0) is 55.3 Å². The molecule has 0 radical (unpaired) electrons. The minimum absolute atomic E-state index is 0.220. The Kier molecular flexibility index (Phi) is 6.31. The Morgan fingerprint density at radius 2 is 1.87 bits per heavy atom. The maximum atomic E-state index is 12.4. The second-order valence-corrected chi connectivity index (χ2v) is 7.41. The summed E-state index contributed by atoms with van der Waals surface area (Å²) >= 11 is 0. The molecule has 2 aromatic carbocycles. The summed E-state index contributed by atoms with van der Waals surface area (Å²) in [6.07, 6.45) is 7.72. The zero-order valence-corrected chi connectivity index (χ0v) is 17.8. The molecule has 7 heteroatoms. The third-order valence-corrected chi connectivity index (χ3v) is 5.38. The van der Waals surface area contributed by atoms with Crippen LogP contribution in [-0.2, 0) is 17.8 Å². The molecular weight excluding hydrogens is 392 g/mol. The predicted molar refractivity (Wildman–Crippen MR) is 120 cm³/mol. The van der Waals surface area contributed by atoms with Crippen LogP contribution in [-0.4, -0.2) is 34.9 Å². The van der Waals surface area contributed by atoms with Gasteiger partial charge in [0, 0.05) is 41.9 Å². The molecule has 31 heavy (non-hydrogen) atoms. The zero-order valence-electron chi connectivity index (χ0n) is 17.8. The van der Waals surface area contributed by atoms with Crippen molar-refractivity contribution in [2.24, 2.45) is 0 Å². The Bertz CT molecular complexity index is 1090. The van der Waals surface area contributed by atoms with Crippen LogP contribution in [0.15, 0.2) is 48.5 Å². The number of aryl methyl sites for hydroxylation is 1.